The lowest BCUT2D eigenvalue weighted by molar-refractivity contribution is 0.233. The Balaban J connectivity index is 2.09. The Kier molecular flexibility index (Phi) is 3.56. The SMILES string of the molecule is Cc1cc(CN2CCNCC2)cc(C)c1F. The molecule has 1 N–H and O–H groups in total. The van der Waals surface area contributed by atoms with Crippen molar-refractivity contribution in [3.63, 3.8) is 0 Å². The normalized spacial score (nSPS) is 17.7. The summed E-state index contributed by atoms with van der Waals surface area (Å²) in [6.07, 6.45) is 0. The van der Waals surface area contributed by atoms with Gasteiger partial charge in [-0.15, -0.1) is 0 Å². The molecule has 0 aliphatic carbocycles. The highest BCUT2D eigenvalue weighted by Gasteiger charge is 2.11. The smallest absolute Gasteiger partial charge is 0.129 e. The zero-order valence-corrected chi connectivity index (χ0v) is 10.0. The van der Waals surface area contributed by atoms with Crippen molar-refractivity contribution in [3.8, 4) is 0 Å². The predicted molar refractivity (Wildman–Crippen MR) is 64.0 cm³/mol. The molecular weight excluding hydrogens is 203 g/mol. The summed E-state index contributed by atoms with van der Waals surface area (Å²) in [6.45, 7) is 8.88. The third-order valence-electron chi connectivity index (χ3n) is 3.11. The quantitative estimate of drug-likeness (QED) is 0.821. The predicted octanol–water partition coefficient (Wildman–Crippen LogP) is 1.85. The van der Waals surface area contributed by atoms with Gasteiger partial charge in [0.25, 0.3) is 0 Å². The maximum Gasteiger partial charge on any atom is 0.129 e. The number of rotatable bonds is 2. The monoisotopic (exact) mass is 222 g/mol. The summed E-state index contributed by atoms with van der Waals surface area (Å²) in [5.74, 6) is -0.0657. The molecule has 0 bridgehead atoms. The Bertz CT molecular complexity index is 347. The average Bonchev–Trinajstić information content (AvgIpc) is 2.27. The van der Waals surface area contributed by atoms with Gasteiger partial charge in [0.2, 0.25) is 0 Å². The van der Waals surface area contributed by atoms with Gasteiger partial charge in [0.15, 0.2) is 0 Å². The third kappa shape index (κ3) is 2.60. The molecule has 88 valence electrons. The lowest BCUT2D eigenvalue weighted by atomic mass is 10.1. The molecule has 0 atom stereocenters. The molecule has 0 spiro atoms. The van der Waals surface area contributed by atoms with Gasteiger partial charge in [-0.2, -0.15) is 0 Å². The van der Waals surface area contributed by atoms with E-state index in [1.165, 1.54) is 5.56 Å². The van der Waals surface area contributed by atoms with Crippen LogP contribution >= 0.6 is 0 Å². The molecule has 1 saturated heterocycles. The van der Waals surface area contributed by atoms with E-state index in [0.29, 0.717) is 0 Å². The van der Waals surface area contributed by atoms with Crippen molar-refractivity contribution in [1.82, 2.24) is 10.2 Å². The number of nitrogens with zero attached hydrogens (tertiary/aromatic N) is 1. The molecular formula is C13H19FN2. The molecule has 1 fully saturated rings. The molecule has 1 aliphatic heterocycles. The van der Waals surface area contributed by atoms with E-state index in [1.807, 2.05) is 26.0 Å². The van der Waals surface area contributed by atoms with Crippen LogP contribution in [0.4, 0.5) is 4.39 Å². The maximum atomic E-state index is 13.5. The molecule has 0 amide bonds. The molecule has 16 heavy (non-hydrogen) atoms. The van der Waals surface area contributed by atoms with Crippen LogP contribution < -0.4 is 5.32 Å². The number of hydrogen-bond acceptors (Lipinski definition) is 2. The number of piperazine rings is 1. The summed E-state index contributed by atoms with van der Waals surface area (Å²) in [5.41, 5.74) is 2.73. The lowest BCUT2D eigenvalue weighted by Gasteiger charge is -2.27. The number of nitrogens with one attached hydrogen (secondary N) is 1. The standard InChI is InChI=1S/C13H19FN2/c1-10-7-12(8-11(2)13(10)14)9-16-5-3-15-4-6-16/h7-8,15H,3-6,9H2,1-2H3. The van der Waals surface area contributed by atoms with Crippen LogP contribution in [0.2, 0.25) is 0 Å². The van der Waals surface area contributed by atoms with E-state index in [0.717, 1.165) is 43.9 Å². The number of halogens is 1. The first-order valence-electron chi connectivity index (χ1n) is 5.85. The van der Waals surface area contributed by atoms with Crippen molar-refractivity contribution >= 4 is 0 Å². The fourth-order valence-corrected chi connectivity index (χ4v) is 2.25. The summed E-state index contributed by atoms with van der Waals surface area (Å²) in [7, 11) is 0. The van der Waals surface area contributed by atoms with E-state index in [1.54, 1.807) is 0 Å². The van der Waals surface area contributed by atoms with Crippen LogP contribution in [0.3, 0.4) is 0 Å². The molecule has 1 aromatic rings. The minimum absolute atomic E-state index is 0.0657. The maximum absolute atomic E-state index is 13.5. The van der Waals surface area contributed by atoms with Gasteiger partial charge in [0.05, 0.1) is 0 Å². The highest BCUT2D eigenvalue weighted by Crippen LogP contribution is 2.16. The van der Waals surface area contributed by atoms with Crippen molar-refractivity contribution in [2.45, 2.75) is 20.4 Å². The van der Waals surface area contributed by atoms with Crippen LogP contribution in [0.1, 0.15) is 16.7 Å². The van der Waals surface area contributed by atoms with Crippen molar-refractivity contribution in [2.24, 2.45) is 0 Å². The summed E-state index contributed by atoms with van der Waals surface area (Å²) in [6, 6.07) is 3.93. The molecule has 0 saturated carbocycles. The largest absolute Gasteiger partial charge is 0.314 e. The first-order valence-corrected chi connectivity index (χ1v) is 5.85. The van der Waals surface area contributed by atoms with Gasteiger partial charge in [-0.25, -0.2) is 4.39 Å². The number of aryl methyl sites for hydroxylation is 2. The first-order chi connectivity index (χ1) is 7.66. The Hall–Kier alpha value is -0.930. The Morgan fingerprint density at radius 2 is 1.75 bits per heavy atom. The van der Waals surface area contributed by atoms with Gasteiger partial charge in [-0.05, 0) is 30.5 Å². The lowest BCUT2D eigenvalue weighted by Crippen LogP contribution is -2.42. The minimum atomic E-state index is -0.0657. The van der Waals surface area contributed by atoms with Gasteiger partial charge in [-0.3, -0.25) is 4.90 Å². The molecule has 0 aromatic heterocycles. The van der Waals surface area contributed by atoms with E-state index in [-0.39, 0.29) is 5.82 Å². The van der Waals surface area contributed by atoms with Crippen molar-refractivity contribution in [2.75, 3.05) is 26.2 Å². The fraction of sp³-hybridized carbons (Fsp3) is 0.538. The van der Waals surface area contributed by atoms with Gasteiger partial charge in [0, 0.05) is 32.7 Å². The van der Waals surface area contributed by atoms with E-state index in [2.05, 4.69) is 10.2 Å². The highest BCUT2D eigenvalue weighted by atomic mass is 19.1. The number of benzene rings is 1. The first kappa shape index (κ1) is 11.6. The third-order valence-corrected chi connectivity index (χ3v) is 3.11. The van der Waals surface area contributed by atoms with Gasteiger partial charge >= 0.3 is 0 Å². The van der Waals surface area contributed by atoms with Crippen molar-refractivity contribution < 1.29 is 4.39 Å². The van der Waals surface area contributed by atoms with E-state index < -0.39 is 0 Å². The second kappa shape index (κ2) is 4.93. The zero-order valence-electron chi connectivity index (χ0n) is 10.0. The van der Waals surface area contributed by atoms with Crippen molar-refractivity contribution in [3.05, 3.63) is 34.6 Å². The fourth-order valence-electron chi connectivity index (χ4n) is 2.25. The van der Waals surface area contributed by atoms with Crippen molar-refractivity contribution in [1.29, 1.82) is 0 Å². The molecule has 1 aromatic carbocycles. The van der Waals surface area contributed by atoms with Gasteiger partial charge in [-0.1, -0.05) is 12.1 Å². The number of hydrogen-bond donors (Lipinski definition) is 1. The molecule has 2 nitrogen and oxygen atoms in total. The summed E-state index contributed by atoms with van der Waals surface area (Å²) < 4.78 is 13.5. The van der Waals surface area contributed by atoms with Crippen LogP contribution in [-0.2, 0) is 6.54 Å². The van der Waals surface area contributed by atoms with Crippen LogP contribution in [0.25, 0.3) is 0 Å². The molecule has 3 heteroatoms. The highest BCUT2D eigenvalue weighted by molar-refractivity contribution is 5.30. The molecule has 1 heterocycles. The molecule has 0 radical (unpaired) electrons. The van der Waals surface area contributed by atoms with Crippen LogP contribution in [-0.4, -0.2) is 31.1 Å². The Labute approximate surface area is 96.5 Å². The average molecular weight is 222 g/mol. The topological polar surface area (TPSA) is 15.3 Å². The van der Waals surface area contributed by atoms with E-state index in [9.17, 15) is 4.39 Å². The molecule has 1 aliphatic rings. The zero-order chi connectivity index (χ0) is 11.5. The van der Waals surface area contributed by atoms with Crippen LogP contribution in [0.5, 0.6) is 0 Å². The Morgan fingerprint density at radius 1 is 1.19 bits per heavy atom. The van der Waals surface area contributed by atoms with Crippen LogP contribution in [0.15, 0.2) is 12.1 Å². The summed E-state index contributed by atoms with van der Waals surface area (Å²) in [4.78, 5) is 2.41. The van der Waals surface area contributed by atoms with E-state index in [4.69, 9.17) is 0 Å². The molecule has 2 rings (SSSR count). The minimum Gasteiger partial charge on any atom is -0.314 e. The molecule has 0 unspecified atom stereocenters. The summed E-state index contributed by atoms with van der Waals surface area (Å²) in [5, 5.41) is 3.33. The second-order valence-electron chi connectivity index (χ2n) is 4.57. The van der Waals surface area contributed by atoms with E-state index >= 15 is 0 Å². The summed E-state index contributed by atoms with van der Waals surface area (Å²) >= 11 is 0. The Morgan fingerprint density at radius 3 is 2.31 bits per heavy atom. The van der Waals surface area contributed by atoms with Gasteiger partial charge in [0.1, 0.15) is 5.82 Å². The second-order valence-corrected chi connectivity index (χ2v) is 4.57. The van der Waals surface area contributed by atoms with Crippen LogP contribution in [0, 0.1) is 19.7 Å². The van der Waals surface area contributed by atoms with Gasteiger partial charge < -0.3 is 5.32 Å².